The zero-order chi connectivity index (χ0) is 25.8. The lowest BCUT2D eigenvalue weighted by atomic mass is 9.91. The highest BCUT2D eigenvalue weighted by molar-refractivity contribution is 6.36. The smallest absolute Gasteiger partial charge is 0.264 e. The summed E-state index contributed by atoms with van der Waals surface area (Å²) in [5, 5.41) is 3.65. The van der Waals surface area contributed by atoms with E-state index >= 15 is 0 Å². The van der Waals surface area contributed by atoms with Gasteiger partial charge in [0.05, 0.1) is 17.7 Å². The van der Waals surface area contributed by atoms with Gasteiger partial charge in [0.25, 0.3) is 17.7 Å². The fourth-order valence-corrected chi connectivity index (χ4v) is 5.30. The molecule has 2 aromatic carbocycles. The number of nitrogens with zero attached hydrogens (tertiary/aromatic N) is 2. The number of methoxy groups -OCH3 is 1. The van der Waals surface area contributed by atoms with Crippen molar-refractivity contribution in [1.82, 2.24) is 15.1 Å². The van der Waals surface area contributed by atoms with E-state index < -0.39 is 18.0 Å². The highest BCUT2D eigenvalue weighted by atomic mass is 35.5. The summed E-state index contributed by atoms with van der Waals surface area (Å²) >= 11 is 12.3. The van der Waals surface area contributed by atoms with E-state index in [1.165, 1.54) is 29.0 Å². The van der Waals surface area contributed by atoms with Crippen LogP contribution in [0.2, 0.25) is 10.0 Å². The van der Waals surface area contributed by atoms with E-state index in [4.69, 9.17) is 33.7 Å². The van der Waals surface area contributed by atoms with E-state index in [1.54, 1.807) is 30.3 Å². The van der Waals surface area contributed by atoms with Crippen molar-refractivity contribution in [3.05, 3.63) is 63.6 Å². The Labute approximate surface area is 220 Å². The predicted octanol–water partition coefficient (Wildman–Crippen LogP) is 3.70. The van der Waals surface area contributed by atoms with Gasteiger partial charge in [-0.2, -0.15) is 0 Å². The average Bonchev–Trinajstić information content (AvgIpc) is 2.88. The van der Waals surface area contributed by atoms with Crippen LogP contribution >= 0.6 is 23.2 Å². The van der Waals surface area contributed by atoms with E-state index in [-0.39, 0.29) is 28.6 Å². The third kappa shape index (κ3) is 5.77. The van der Waals surface area contributed by atoms with Gasteiger partial charge in [-0.25, -0.2) is 0 Å². The van der Waals surface area contributed by atoms with Gasteiger partial charge < -0.3 is 25.6 Å². The highest BCUT2D eigenvalue weighted by Crippen LogP contribution is 2.27. The Morgan fingerprint density at radius 1 is 0.972 bits per heavy atom. The molecule has 1 unspecified atom stereocenters. The molecule has 10 heteroatoms. The Balaban J connectivity index is 1.66. The Bertz CT molecular complexity index is 1140. The molecular weight excluding hydrogens is 503 g/mol. The zero-order valence-corrected chi connectivity index (χ0v) is 21.6. The lowest BCUT2D eigenvalue weighted by Gasteiger charge is -2.43. The molecule has 1 aliphatic carbocycles. The van der Waals surface area contributed by atoms with E-state index in [9.17, 15) is 14.4 Å². The largest absolute Gasteiger partial charge is 0.497 e. The van der Waals surface area contributed by atoms with Crippen LogP contribution in [-0.2, 0) is 4.79 Å². The van der Waals surface area contributed by atoms with Gasteiger partial charge in [0.15, 0.2) is 6.17 Å². The Morgan fingerprint density at radius 3 is 2.33 bits per heavy atom. The molecule has 1 saturated carbocycles. The molecule has 0 aromatic heterocycles. The summed E-state index contributed by atoms with van der Waals surface area (Å²) in [6.07, 6.45) is 2.50. The maximum atomic E-state index is 13.7. The summed E-state index contributed by atoms with van der Waals surface area (Å²) in [5.41, 5.74) is 6.61. The van der Waals surface area contributed by atoms with Gasteiger partial charge >= 0.3 is 0 Å². The third-order valence-electron chi connectivity index (χ3n) is 6.74. The molecule has 4 rings (SSSR count). The Kier molecular flexibility index (Phi) is 8.39. The van der Waals surface area contributed by atoms with Gasteiger partial charge in [-0.05, 0) is 68.5 Å². The molecule has 1 heterocycles. The number of hydrogen-bond acceptors (Lipinski definition) is 5. The van der Waals surface area contributed by atoms with Gasteiger partial charge in [0.2, 0.25) is 0 Å². The van der Waals surface area contributed by atoms with Crippen molar-refractivity contribution >= 4 is 40.9 Å². The molecule has 0 bridgehead atoms. The number of halogens is 2. The lowest BCUT2D eigenvalue weighted by molar-refractivity contribution is -0.133. The van der Waals surface area contributed by atoms with Crippen LogP contribution in [0, 0.1) is 0 Å². The number of amides is 3. The van der Waals surface area contributed by atoms with Crippen LogP contribution in [0.15, 0.2) is 42.5 Å². The monoisotopic (exact) mass is 532 g/mol. The number of carbonyl (C=O) groups excluding carboxylic acids is 3. The van der Waals surface area contributed by atoms with E-state index in [0.717, 1.165) is 25.7 Å². The molecule has 3 N–H and O–H groups in total. The molecule has 1 aliphatic heterocycles. The second kappa shape index (κ2) is 11.5. The Hall–Kier alpha value is -2.81. The number of rotatable bonds is 5. The molecular formula is C26H30Cl2N4O4. The fourth-order valence-electron chi connectivity index (χ4n) is 4.81. The summed E-state index contributed by atoms with van der Waals surface area (Å²) in [4.78, 5) is 43.8. The highest BCUT2D eigenvalue weighted by Gasteiger charge is 2.42. The maximum Gasteiger partial charge on any atom is 0.264 e. The SMILES string of the molecule is COc1cccc(C(=O)N2CCCN(C(=O)c3ccc(Cl)cc3Cl)C2C(=O)NC2CCC(N)CC2)c1. The summed E-state index contributed by atoms with van der Waals surface area (Å²) in [6.45, 7) is 0.620. The van der Waals surface area contributed by atoms with Gasteiger partial charge in [-0.1, -0.05) is 29.3 Å². The van der Waals surface area contributed by atoms with Crippen LogP contribution < -0.4 is 15.8 Å². The summed E-state index contributed by atoms with van der Waals surface area (Å²) in [5.74, 6) is -0.673. The summed E-state index contributed by atoms with van der Waals surface area (Å²) in [6, 6.07) is 11.4. The van der Waals surface area contributed by atoms with Crippen molar-refractivity contribution in [3.8, 4) is 5.75 Å². The zero-order valence-electron chi connectivity index (χ0n) is 20.1. The number of ether oxygens (including phenoxy) is 1. The molecule has 192 valence electrons. The molecule has 1 saturated heterocycles. The Morgan fingerprint density at radius 2 is 1.67 bits per heavy atom. The van der Waals surface area contributed by atoms with Crippen LogP contribution in [0.5, 0.6) is 5.75 Å². The molecule has 2 aliphatic rings. The van der Waals surface area contributed by atoms with Crippen molar-refractivity contribution < 1.29 is 19.1 Å². The van der Waals surface area contributed by atoms with Gasteiger partial charge in [-0.3, -0.25) is 14.4 Å². The number of hydrogen-bond donors (Lipinski definition) is 2. The van der Waals surface area contributed by atoms with Gasteiger partial charge in [0, 0.05) is 35.8 Å². The molecule has 0 radical (unpaired) electrons. The molecule has 3 amide bonds. The minimum atomic E-state index is -1.13. The van der Waals surface area contributed by atoms with Crippen LogP contribution in [-0.4, -0.2) is 66.0 Å². The van der Waals surface area contributed by atoms with Crippen LogP contribution in [0.25, 0.3) is 0 Å². The second-order valence-corrected chi connectivity index (χ2v) is 10.0. The minimum absolute atomic E-state index is 0.0657. The van der Waals surface area contributed by atoms with Gasteiger partial charge in [0.1, 0.15) is 5.75 Å². The van der Waals surface area contributed by atoms with Crippen molar-refractivity contribution in [1.29, 1.82) is 0 Å². The minimum Gasteiger partial charge on any atom is -0.497 e. The molecule has 2 fully saturated rings. The number of nitrogens with one attached hydrogen (secondary N) is 1. The first-order chi connectivity index (χ1) is 17.3. The molecule has 36 heavy (non-hydrogen) atoms. The first-order valence-corrected chi connectivity index (χ1v) is 12.8. The first kappa shape index (κ1) is 26.3. The van der Waals surface area contributed by atoms with E-state index in [2.05, 4.69) is 5.32 Å². The van der Waals surface area contributed by atoms with E-state index in [1.807, 2.05) is 0 Å². The molecule has 8 nitrogen and oxygen atoms in total. The molecule has 0 spiro atoms. The quantitative estimate of drug-likeness (QED) is 0.610. The number of benzene rings is 2. The molecule has 1 atom stereocenters. The van der Waals surface area contributed by atoms with Crippen molar-refractivity contribution in [3.63, 3.8) is 0 Å². The number of nitrogens with two attached hydrogens (primary N) is 1. The van der Waals surface area contributed by atoms with Gasteiger partial charge in [-0.15, -0.1) is 0 Å². The normalized spacial score (nSPS) is 22.2. The fraction of sp³-hybridized carbons (Fsp3) is 0.423. The van der Waals surface area contributed by atoms with Crippen LogP contribution in [0.1, 0.15) is 52.8 Å². The van der Waals surface area contributed by atoms with Crippen molar-refractivity contribution in [2.24, 2.45) is 5.73 Å². The predicted molar refractivity (Wildman–Crippen MR) is 138 cm³/mol. The molecule has 2 aromatic rings. The number of carbonyl (C=O) groups is 3. The summed E-state index contributed by atoms with van der Waals surface area (Å²) in [7, 11) is 1.52. The average molecular weight is 533 g/mol. The van der Waals surface area contributed by atoms with E-state index in [0.29, 0.717) is 35.8 Å². The van der Waals surface area contributed by atoms with Crippen molar-refractivity contribution in [2.45, 2.75) is 50.4 Å². The lowest BCUT2D eigenvalue weighted by Crippen LogP contribution is -2.64. The first-order valence-electron chi connectivity index (χ1n) is 12.1. The topological polar surface area (TPSA) is 105 Å². The third-order valence-corrected chi connectivity index (χ3v) is 7.29. The van der Waals surface area contributed by atoms with Crippen LogP contribution in [0.3, 0.4) is 0 Å². The standard InChI is InChI=1S/C26H30Cl2N4O4/c1-36-20-5-2-4-16(14-20)25(34)31-12-3-13-32(26(35)21-11-6-17(27)15-22(21)28)24(31)23(33)30-19-9-7-18(29)8-10-19/h2,4-6,11,14-15,18-19,24H,3,7-10,12-13,29H2,1H3,(H,30,33). The van der Waals surface area contributed by atoms with Crippen LogP contribution in [0.4, 0.5) is 0 Å². The maximum absolute atomic E-state index is 13.7. The second-order valence-electron chi connectivity index (χ2n) is 9.20. The van der Waals surface area contributed by atoms with Crippen molar-refractivity contribution in [2.75, 3.05) is 20.2 Å². The summed E-state index contributed by atoms with van der Waals surface area (Å²) < 4.78 is 5.27.